The van der Waals surface area contributed by atoms with Gasteiger partial charge in [0.15, 0.2) is 0 Å². The second-order valence-corrected chi connectivity index (χ2v) is 6.52. The fourth-order valence-corrected chi connectivity index (χ4v) is 3.30. The van der Waals surface area contributed by atoms with E-state index in [4.69, 9.17) is 4.84 Å². The van der Waals surface area contributed by atoms with Crippen LogP contribution in [0, 0.1) is 0 Å². The molecule has 2 aromatic carbocycles. The minimum atomic E-state index is -3.67. The lowest BCUT2D eigenvalue weighted by Gasteiger charge is -2.19. The summed E-state index contributed by atoms with van der Waals surface area (Å²) in [6.07, 6.45) is 0. The van der Waals surface area contributed by atoms with Crippen molar-refractivity contribution in [2.75, 3.05) is 33.2 Å². The van der Waals surface area contributed by atoms with E-state index in [0.717, 1.165) is 15.5 Å². The Balaban J connectivity index is 2.77. The van der Waals surface area contributed by atoms with E-state index in [1.54, 1.807) is 18.2 Å². The van der Waals surface area contributed by atoms with Crippen molar-refractivity contribution in [3.8, 4) is 0 Å². The van der Waals surface area contributed by atoms with Gasteiger partial charge in [-0.3, -0.25) is 4.84 Å². The maximum atomic E-state index is 12.4. The molecule has 2 aromatic rings. The van der Waals surface area contributed by atoms with E-state index in [-0.39, 0.29) is 4.90 Å². The van der Waals surface area contributed by atoms with Crippen LogP contribution in [0.25, 0.3) is 10.8 Å². The van der Waals surface area contributed by atoms with Crippen LogP contribution in [0.1, 0.15) is 0 Å². The maximum Gasteiger partial charge on any atom is 0.265 e. The van der Waals surface area contributed by atoms with E-state index in [9.17, 15) is 8.42 Å². The lowest BCUT2D eigenvalue weighted by Crippen LogP contribution is -2.26. The molecule has 6 heteroatoms. The number of hydroxylamine groups is 1. The summed E-state index contributed by atoms with van der Waals surface area (Å²) in [4.78, 5) is 7.03. The second kappa shape index (κ2) is 5.40. The Morgan fingerprint density at radius 1 is 0.950 bits per heavy atom. The van der Waals surface area contributed by atoms with Crippen LogP contribution in [0.4, 0.5) is 5.69 Å². The first kappa shape index (κ1) is 14.8. The first-order valence-corrected chi connectivity index (χ1v) is 7.55. The molecule has 0 amide bonds. The lowest BCUT2D eigenvalue weighted by molar-refractivity contribution is -0.0257. The number of hydrogen-bond acceptors (Lipinski definition) is 4. The van der Waals surface area contributed by atoms with Crippen LogP contribution in [0.5, 0.6) is 0 Å². The smallest absolute Gasteiger partial charge is 0.265 e. The minimum Gasteiger partial charge on any atom is -0.377 e. The standard InChI is InChI=1S/C14H18N2O3S/c1-15(2)13-9-5-8-12-11(13)7-6-10-14(12)20(17,18)16(3)19-4/h5-10H,1-4H3. The van der Waals surface area contributed by atoms with Crippen LogP contribution in [0.2, 0.25) is 0 Å². The maximum absolute atomic E-state index is 12.4. The third-order valence-electron chi connectivity index (χ3n) is 3.21. The molecule has 0 radical (unpaired) electrons. The summed E-state index contributed by atoms with van der Waals surface area (Å²) in [5, 5.41) is 1.57. The Kier molecular flexibility index (Phi) is 3.99. The Bertz CT molecular complexity index is 726. The Hall–Kier alpha value is -1.63. The Morgan fingerprint density at radius 3 is 2.15 bits per heavy atom. The topological polar surface area (TPSA) is 49.9 Å². The first-order valence-electron chi connectivity index (χ1n) is 6.11. The molecule has 0 aliphatic rings. The third-order valence-corrected chi connectivity index (χ3v) is 4.95. The lowest BCUT2D eigenvalue weighted by atomic mass is 10.1. The van der Waals surface area contributed by atoms with Crippen molar-refractivity contribution >= 4 is 26.5 Å². The molecule has 0 heterocycles. The quantitative estimate of drug-likeness (QED) is 0.810. The van der Waals surface area contributed by atoms with E-state index < -0.39 is 10.0 Å². The molecule has 20 heavy (non-hydrogen) atoms. The second-order valence-electron chi connectivity index (χ2n) is 4.62. The Morgan fingerprint density at radius 2 is 1.55 bits per heavy atom. The third kappa shape index (κ3) is 2.37. The van der Waals surface area contributed by atoms with Crippen molar-refractivity contribution in [3.05, 3.63) is 36.4 Å². The van der Waals surface area contributed by atoms with Gasteiger partial charge >= 0.3 is 0 Å². The zero-order valence-corrected chi connectivity index (χ0v) is 12.8. The average molecular weight is 294 g/mol. The summed E-state index contributed by atoms with van der Waals surface area (Å²) >= 11 is 0. The molecule has 0 N–H and O–H groups in total. The van der Waals surface area contributed by atoms with E-state index in [1.165, 1.54) is 14.2 Å². The molecule has 0 aliphatic heterocycles. The molecule has 0 saturated carbocycles. The van der Waals surface area contributed by atoms with E-state index in [0.29, 0.717) is 5.39 Å². The molecule has 5 nitrogen and oxygen atoms in total. The van der Waals surface area contributed by atoms with Crippen molar-refractivity contribution in [3.63, 3.8) is 0 Å². The van der Waals surface area contributed by atoms with Crippen molar-refractivity contribution in [1.29, 1.82) is 0 Å². The number of nitrogens with zero attached hydrogens (tertiary/aromatic N) is 2. The fraction of sp³-hybridized carbons (Fsp3) is 0.286. The normalized spacial score (nSPS) is 12.1. The van der Waals surface area contributed by atoms with Gasteiger partial charge in [-0.05, 0) is 12.1 Å². The summed E-state index contributed by atoms with van der Waals surface area (Å²) in [5.41, 5.74) is 0.972. The summed E-state index contributed by atoms with van der Waals surface area (Å²) in [6.45, 7) is 0. The van der Waals surface area contributed by atoms with Gasteiger partial charge in [0.1, 0.15) is 0 Å². The van der Waals surface area contributed by atoms with Gasteiger partial charge < -0.3 is 4.90 Å². The highest BCUT2D eigenvalue weighted by molar-refractivity contribution is 7.89. The van der Waals surface area contributed by atoms with Crippen molar-refractivity contribution in [2.24, 2.45) is 0 Å². The molecule has 0 bridgehead atoms. The molecule has 2 rings (SSSR count). The first-order chi connectivity index (χ1) is 9.39. The van der Waals surface area contributed by atoms with Crippen LogP contribution in [-0.2, 0) is 14.9 Å². The number of anilines is 1. The predicted octanol–water partition coefficient (Wildman–Crippen LogP) is 2.09. The predicted molar refractivity (Wildman–Crippen MR) is 80.2 cm³/mol. The number of hydrogen-bond donors (Lipinski definition) is 0. The number of fused-ring (bicyclic) bond motifs is 1. The number of rotatable bonds is 4. The molecule has 0 aliphatic carbocycles. The largest absolute Gasteiger partial charge is 0.377 e. The summed E-state index contributed by atoms with van der Waals surface area (Å²) in [5.74, 6) is 0. The van der Waals surface area contributed by atoms with Crippen molar-refractivity contribution in [2.45, 2.75) is 4.90 Å². The summed E-state index contributed by atoms with van der Waals surface area (Å²) < 4.78 is 25.8. The van der Waals surface area contributed by atoms with Crippen LogP contribution in [-0.4, -0.2) is 41.1 Å². The van der Waals surface area contributed by atoms with Gasteiger partial charge in [0, 0.05) is 37.6 Å². The van der Waals surface area contributed by atoms with Gasteiger partial charge in [0.2, 0.25) is 0 Å². The monoisotopic (exact) mass is 294 g/mol. The zero-order chi connectivity index (χ0) is 14.9. The molecule has 0 saturated heterocycles. The average Bonchev–Trinajstić information content (AvgIpc) is 2.44. The molecular formula is C14H18N2O3S. The van der Waals surface area contributed by atoms with Crippen molar-refractivity contribution < 1.29 is 13.3 Å². The number of benzene rings is 2. The molecule has 0 fully saturated rings. The van der Waals surface area contributed by atoms with Gasteiger partial charge in [0.05, 0.1) is 12.0 Å². The molecule has 0 spiro atoms. The van der Waals surface area contributed by atoms with Gasteiger partial charge in [-0.2, -0.15) is 0 Å². The SMILES string of the molecule is CON(C)S(=O)(=O)c1cccc2c(N(C)C)cccc12. The highest BCUT2D eigenvalue weighted by Gasteiger charge is 2.23. The van der Waals surface area contributed by atoms with Crippen LogP contribution in [0.3, 0.4) is 0 Å². The van der Waals surface area contributed by atoms with Crippen LogP contribution < -0.4 is 4.90 Å². The van der Waals surface area contributed by atoms with Crippen molar-refractivity contribution in [1.82, 2.24) is 4.47 Å². The van der Waals surface area contributed by atoms with E-state index >= 15 is 0 Å². The van der Waals surface area contributed by atoms with Gasteiger partial charge in [-0.1, -0.05) is 28.7 Å². The fourth-order valence-electron chi connectivity index (χ4n) is 2.12. The summed E-state index contributed by atoms with van der Waals surface area (Å²) in [6, 6.07) is 10.9. The van der Waals surface area contributed by atoms with E-state index in [1.807, 2.05) is 37.2 Å². The molecule has 108 valence electrons. The highest BCUT2D eigenvalue weighted by Crippen LogP contribution is 2.31. The zero-order valence-electron chi connectivity index (χ0n) is 12.0. The minimum absolute atomic E-state index is 0.239. The van der Waals surface area contributed by atoms with Gasteiger partial charge in [-0.15, -0.1) is 0 Å². The Labute approximate surface area is 119 Å². The van der Waals surface area contributed by atoms with Crippen LogP contribution in [0.15, 0.2) is 41.3 Å². The van der Waals surface area contributed by atoms with Crippen LogP contribution >= 0.6 is 0 Å². The van der Waals surface area contributed by atoms with Gasteiger partial charge in [-0.25, -0.2) is 8.42 Å². The number of sulfonamides is 1. The molecular weight excluding hydrogens is 276 g/mol. The highest BCUT2D eigenvalue weighted by atomic mass is 32.2. The van der Waals surface area contributed by atoms with Gasteiger partial charge in [0.25, 0.3) is 10.0 Å². The summed E-state index contributed by atoms with van der Waals surface area (Å²) in [7, 11) is 2.90. The molecule has 0 aromatic heterocycles. The molecule has 0 atom stereocenters. The van der Waals surface area contributed by atoms with E-state index in [2.05, 4.69) is 0 Å². The molecule has 0 unspecified atom stereocenters.